The number of rotatable bonds is 4. The summed E-state index contributed by atoms with van der Waals surface area (Å²) in [6.07, 6.45) is -0.0216. The summed E-state index contributed by atoms with van der Waals surface area (Å²) in [5, 5.41) is 1.72. The summed E-state index contributed by atoms with van der Waals surface area (Å²) in [5.41, 5.74) is 2.05. The topological polar surface area (TPSA) is 66.9 Å². The first-order chi connectivity index (χ1) is 14.5. The van der Waals surface area contributed by atoms with Crippen molar-refractivity contribution in [1.82, 2.24) is 4.90 Å². The molecule has 3 aromatic rings. The highest BCUT2D eigenvalue weighted by Crippen LogP contribution is 2.42. The van der Waals surface area contributed by atoms with E-state index in [2.05, 4.69) is 15.9 Å². The van der Waals surface area contributed by atoms with E-state index in [1.165, 1.54) is 9.80 Å². The maximum Gasteiger partial charge on any atom is 0.259 e. The number of halogens is 1. The van der Waals surface area contributed by atoms with Crippen LogP contribution in [-0.4, -0.2) is 35.8 Å². The molecule has 3 aromatic carbocycles. The van der Waals surface area contributed by atoms with Gasteiger partial charge in [-0.15, -0.1) is 0 Å². The summed E-state index contributed by atoms with van der Waals surface area (Å²) in [6.45, 7) is 0.170. The zero-order valence-corrected chi connectivity index (χ0v) is 17.7. The molecule has 1 saturated heterocycles. The molecule has 2 aliphatic rings. The third-order valence-electron chi connectivity index (χ3n) is 5.71. The summed E-state index contributed by atoms with van der Waals surface area (Å²) in [5.74, 6) is -0.174. The summed E-state index contributed by atoms with van der Waals surface area (Å²) in [7, 11) is 1.58. The number of nitrogens with zero attached hydrogens (tertiary/aromatic N) is 2. The fourth-order valence-corrected chi connectivity index (χ4v) is 4.69. The lowest BCUT2D eigenvalue weighted by Gasteiger charge is -2.23. The molecule has 6 nitrogen and oxygen atoms in total. The zero-order valence-electron chi connectivity index (χ0n) is 16.1. The maximum absolute atomic E-state index is 13.2. The molecule has 150 valence electrons. The second-order valence-electron chi connectivity index (χ2n) is 7.36. The largest absolute Gasteiger partial charge is 0.497 e. The number of likely N-dealkylation sites (tertiary alicyclic amines) is 1. The molecule has 2 aliphatic heterocycles. The molecule has 0 aliphatic carbocycles. The molecule has 0 bridgehead atoms. The summed E-state index contributed by atoms with van der Waals surface area (Å²) >= 11 is 3.53. The molecule has 3 amide bonds. The van der Waals surface area contributed by atoms with Crippen LogP contribution in [0.3, 0.4) is 0 Å². The van der Waals surface area contributed by atoms with Crippen molar-refractivity contribution in [3.63, 3.8) is 0 Å². The number of hydrogen-bond acceptors (Lipinski definition) is 4. The van der Waals surface area contributed by atoms with Gasteiger partial charge in [-0.1, -0.05) is 40.2 Å². The minimum Gasteiger partial charge on any atom is -0.497 e. The van der Waals surface area contributed by atoms with E-state index in [1.54, 1.807) is 25.3 Å². The number of carbonyl (C=O) groups excluding carboxylic acids is 3. The van der Waals surface area contributed by atoms with Crippen LogP contribution in [0.5, 0.6) is 5.75 Å². The van der Waals surface area contributed by atoms with Crippen molar-refractivity contribution >= 4 is 50.1 Å². The highest BCUT2D eigenvalue weighted by atomic mass is 79.9. The van der Waals surface area contributed by atoms with Gasteiger partial charge in [0.2, 0.25) is 5.91 Å². The Labute approximate surface area is 181 Å². The Kier molecular flexibility index (Phi) is 4.36. The van der Waals surface area contributed by atoms with E-state index < -0.39 is 6.04 Å². The van der Waals surface area contributed by atoms with E-state index in [9.17, 15) is 14.4 Å². The third kappa shape index (κ3) is 2.73. The van der Waals surface area contributed by atoms with Crippen molar-refractivity contribution in [2.45, 2.75) is 19.0 Å². The number of ether oxygens (including phenoxy) is 1. The molecule has 0 N–H and O–H groups in total. The smallest absolute Gasteiger partial charge is 0.259 e. The van der Waals surface area contributed by atoms with Crippen LogP contribution >= 0.6 is 15.9 Å². The van der Waals surface area contributed by atoms with Crippen LogP contribution in [0.4, 0.5) is 5.69 Å². The normalized spacial score (nSPS) is 18.1. The van der Waals surface area contributed by atoms with E-state index in [-0.39, 0.29) is 30.7 Å². The van der Waals surface area contributed by atoms with Gasteiger partial charge in [0.1, 0.15) is 11.8 Å². The van der Waals surface area contributed by atoms with Crippen molar-refractivity contribution < 1.29 is 19.1 Å². The Hall–Kier alpha value is -3.19. The number of carbonyl (C=O) groups is 3. The minimum absolute atomic E-state index is 0.0216. The van der Waals surface area contributed by atoms with E-state index in [0.29, 0.717) is 17.0 Å². The lowest BCUT2D eigenvalue weighted by molar-refractivity contribution is -0.139. The molecule has 5 rings (SSSR count). The van der Waals surface area contributed by atoms with Crippen LogP contribution < -0.4 is 9.64 Å². The highest BCUT2D eigenvalue weighted by molar-refractivity contribution is 9.10. The molecule has 7 heteroatoms. The summed E-state index contributed by atoms with van der Waals surface area (Å²) in [4.78, 5) is 41.8. The Bertz CT molecular complexity index is 1220. The van der Waals surface area contributed by atoms with Gasteiger partial charge >= 0.3 is 0 Å². The van der Waals surface area contributed by atoms with Crippen LogP contribution in [0.2, 0.25) is 0 Å². The second kappa shape index (κ2) is 6.95. The molecular weight excluding hydrogens is 448 g/mol. The van der Waals surface area contributed by atoms with Gasteiger partial charge in [0.05, 0.1) is 25.8 Å². The number of imide groups is 1. The van der Waals surface area contributed by atoms with Gasteiger partial charge < -0.3 is 4.74 Å². The summed E-state index contributed by atoms with van der Waals surface area (Å²) < 4.78 is 6.03. The van der Waals surface area contributed by atoms with Gasteiger partial charge in [0, 0.05) is 15.4 Å². The van der Waals surface area contributed by atoms with E-state index >= 15 is 0 Å². The molecule has 1 fully saturated rings. The SMILES string of the molecule is COc1ccc(CN2C(=O)CC(N3C(=O)c4ccc(Br)c5cccc3c45)C2=O)cc1. The van der Waals surface area contributed by atoms with Crippen molar-refractivity contribution in [1.29, 1.82) is 0 Å². The Morgan fingerprint density at radius 3 is 2.53 bits per heavy atom. The number of methoxy groups -OCH3 is 1. The van der Waals surface area contributed by atoms with Crippen LogP contribution in [0.25, 0.3) is 10.8 Å². The van der Waals surface area contributed by atoms with Gasteiger partial charge in [-0.25, -0.2) is 0 Å². The average Bonchev–Trinajstić information content (AvgIpc) is 3.19. The summed E-state index contributed by atoms with van der Waals surface area (Å²) in [6, 6.07) is 15.6. The zero-order chi connectivity index (χ0) is 21.0. The number of anilines is 1. The van der Waals surface area contributed by atoms with Crippen molar-refractivity contribution in [3.05, 3.63) is 70.2 Å². The number of amides is 3. The molecule has 1 unspecified atom stereocenters. The van der Waals surface area contributed by atoms with Crippen molar-refractivity contribution in [2.75, 3.05) is 12.0 Å². The predicted molar refractivity (Wildman–Crippen MR) is 115 cm³/mol. The van der Waals surface area contributed by atoms with E-state index in [1.807, 2.05) is 36.4 Å². The van der Waals surface area contributed by atoms with Gasteiger partial charge in [0.15, 0.2) is 0 Å². The first-order valence-electron chi connectivity index (χ1n) is 9.51. The first-order valence-corrected chi connectivity index (χ1v) is 10.3. The number of benzene rings is 3. The minimum atomic E-state index is -0.833. The Balaban J connectivity index is 1.47. The molecule has 0 radical (unpaired) electrons. The molecule has 0 saturated carbocycles. The van der Waals surface area contributed by atoms with Crippen molar-refractivity contribution in [2.24, 2.45) is 0 Å². The lowest BCUT2D eigenvalue weighted by atomic mass is 10.1. The lowest BCUT2D eigenvalue weighted by Crippen LogP contribution is -2.43. The highest BCUT2D eigenvalue weighted by Gasteiger charge is 2.47. The van der Waals surface area contributed by atoms with Crippen molar-refractivity contribution in [3.8, 4) is 5.75 Å². The van der Waals surface area contributed by atoms with Crippen LogP contribution in [-0.2, 0) is 16.1 Å². The Morgan fingerprint density at radius 1 is 1.03 bits per heavy atom. The second-order valence-corrected chi connectivity index (χ2v) is 8.21. The molecule has 2 heterocycles. The third-order valence-corrected chi connectivity index (χ3v) is 6.40. The Morgan fingerprint density at radius 2 is 1.80 bits per heavy atom. The monoisotopic (exact) mass is 464 g/mol. The molecule has 0 spiro atoms. The average molecular weight is 465 g/mol. The van der Waals surface area contributed by atoms with Gasteiger partial charge in [-0.3, -0.25) is 24.2 Å². The quantitative estimate of drug-likeness (QED) is 0.549. The molecule has 0 aromatic heterocycles. The fraction of sp³-hybridized carbons (Fsp3) is 0.174. The van der Waals surface area contributed by atoms with Crippen LogP contribution in [0.1, 0.15) is 22.3 Å². The first kappa shape index (κ1) is 18.8. The standard InChI is InChI=1S/C23H17BrN2O4/c1-30-14-7-5-13(6-8-14)12-25-20(27)11-19(23(25)29)26-18-4-2-3-15-17(24)10-9-16(21(15)18)22(26)28/h2-10,19H,11-12H2,1H3. The van der Waals surface area contributed by atoms with Crippen LogP contribution in [0.15, 0.2) is 59.1 Å². The molecule has 1 atom stereocenters. The van der Waals surface area contributed by atoms with E-state index in [0.717, 1.165) is 20.8 Å². The van der Waals surface area contributed by atoms with Gasteiger partial charge in [0.25, 0.3) is 11.8 Å². The maximum atomic E-state index is 13.2. The van der Waals surface area contributed by atoms with E-state index in [4.69, 9.17) is 4.74 Å². The fourth-order valence-electron chi connectivity index (χ4n) is 4.23. The predicted octanol–water partition coefficient (Wildman–Crippen LogP) is 3.90. The number of hydrogen-bond donors (Lipinski definition) is 0. The van der Waals surface area contributed by atoms with Crippen LogP contribution in [0, 0.1) is 0 Å². The molecule has 30 heavy (non-hydrogen) atoms. The van der Waals surface area contributed by atoms with Gasteiger partial charge in [-0.2, -0.15) is 0 Å². The molecular formula is C23H17BrN2O4. The van der Waals surface area contributed by atoms with Gasteiger partial charge in [-0.05, 0) is 41.3 Å².